The normalized spacial score (nSPS) is 19.0. The first kappa shape index (κ1) is 27.7. The van der Waals surface area contributed by atoms with Gasteiger partial charge in [-0.2, -0.15) is 13.2 Å². The Bertz CT molecular complexity index is 1220. The van der Waals surface area contributed by atoms with Gasteiger partial charge in [-0.3, -0.25) is 9.59 Å². The molecule has 1 heterocycles. The second-order valence-electron chi connectivity index (χ2n) is 10.3. The van der Waals surface area contributed by atoms with E-state index in [1.807, 2.05) is 38.1 Å². The quantitative estimate of drug-likeness (QED) is 0.487. The van der Waals surface area contributed by atoms with E-state index in [-0.39, 0.29) is 36.6 Å². The average Bonchev–Trinajstić information content (AvgIpc) is 2.98. The molecule has 0 aromatic heterocycles. The maximum Gasteiger partial charge on any atom is 0.416 e. The second-order valence-corrected chi connectivity index (χ2v) is 10.3. The maximum atomic E-state index is 13.6. The number of ketones is 1. The molecule has 1 aliphatic carbocycles. The van der Waals surface area contributed by atoms with E-state index in [0.717, 1.165) is 12.1 Å². The zero-order valence-electron chi connectivity index (χ0n) is 21.8. The standard InChI is InChI=1S/C28H32F3N3O4/c1-27(2)13-20-25(22(35)14-27)26(17-9-11-18(12-10-17)28(29,30)31)34(21-8-6-5-7-19(21)33-20)16-23(36)32-15-24(37-3)38-4/h5-12,24,26,33H,13-16H2,1-4H3,(H,32,36). The molecule has 0 saturated heterocycles. The third kappa shape index (κ3) is 5.86. The zero-order chi connectivity index (χ0) is 27.7. The number of rotatable bonds is 7. The van der Waals surface area contributed by atoms with Crippen molar-refractivity contribution in [2.75, 3.05) is 37.5 Å². The van der Waals surface area contributed by atoms with E-state index in [9.17, 15) is 22.8 Å². The SMILES string of the molecule is COC(CNC(=O)CN1c2ccccc2NC2=C(C(=O)CC(C)(C)C2)C1c1ccc(C(F)(F)F)cc1)OC. The fourth-order valence-electron chi connectivity index (χ4n) is 5.10. The number of allylic oxidation sites excluding steroid dienone is 1. The van der Waals surface area contributed by atoms with Crippen molar-refractivity contribution in [3.8, 4) is 0 Å². The summed E-state index contributed by atoms with van der Waals surface area (Å²) >= 11 is 0. The highest BCUT2D eigenvalue weighted by Gasteiger charge is 2.42. The number of hydrogen-bond acceptors (Lipinski definition) is 6. The number of benzene rings is 2. The molecule has 0 radical (unpaired) electrons. The molecule has 0 bridgehead atoms. The first-order chi connectivity index (χ1) is 17.9. The Kier molecular flexibility index (Phi) is 7.85. The fraction of sp³-hybridized carbons (Fsp3) is 0.429. The van der Waals surface area contributed by atoms with E-state index in [1.165, 1.54) is 26.4 Å². The van der Waals surface area contributed by atoms with Crippen LogP contribution in [0.1, 0.15) is 43.9 Å². The molecule has 204 valence electrons. The van der Waals surface area contributed by atoms with E-state index in [1.54, 1.807) is 4.90 Å². The highest BCUT2D eigenvalue weighted by Crippen LogP contribution is 2.48. The number of fused-ring (bicyclic) bond motifs is 1. The number of carbonyl (C=O) groups is 2. The van der Waals surface area contributed by atoms with Crippen LogP contribution in [0.3, 0.4) is 0 Å². The molecule has 4 rings (SSSR count). The third-order valence-electron chi connectivity index (χ3n) is 6.86. The van der Waals surface area contributed by atoms with E-state index in [0.29, 0.717) is 34.6 Å². The van der Waals surface area contributed by atoms with Gasteiger partial charge in [0, 0.05) is 31.9 Å². The summed E-state index contributed by atoms with van der Waals surface area (Å²) in [7, 11) is 2.92. The number of nitrogens with one attached hydrogen (secondary N) is 2. The van der Waals surface area contributed by atoms with Crippen molar-refractivity contribution in [2.45, 2.75) is 45.2 Å². The molecule has 1 atom stereocenters. The van der Waals surface area contributed by atoms with Crippen LogP contribution in [0.15, 0.2) is 59.8 Å². The van der Waals surface area contributed by atoms with Crippen LogP contribution in [0, 0.1) is 5.41 Å². The molecule has 1 aliphatic heterocycles. The molecular formula is C28H32F3N3O4. The van der Waals surface area contributed by atoms with E-state index >= 15 is 0 Å². The Balaban J connectivity index is 1.83. The van der Waals surface area contributed by atoms with Crippen LogP contribution in [-0.4, -0.2) is 45.3 Å². The Hall–Kier alpha value is -3.37. The number of ether oxygens (including phenoxy) is 2. The molecule has 2 aromatic carbocycles. The number of hydrogen-bond donors (Lipinski definition) is 2. The fourth-order valence-corrected chi connectivity index (χ4v) is 5.10. The number of carbonyl (C=O) groups excluding carboxylic acids is 2. The molecule has 38 heavy (non-hydrogen) atoms. The number of amides is 1. The van der Waals surface area contributed by atoms with Gasteiger partial charge in [0.25, 0.3) is 0 Å². The molecule has 2 aromatic rings. The van der Waals surface area contributed by atoms with Crippen LogP contribution >= 0.6 is 0 Å². The molecule has 10 heteroatoms. The van der Waals surface area contributed by atoms with Crippen molar-refractivity contribution in [3.05, 3.63) is 70.9 Å². The van der Waals surface area contributed by atoms with Gasteiger partial charge in [0.15, 0.2) is 12.1 Å². The highest BCUT2D eigenvalue weighted by atomic mass is 19.4. The number of halogens is 3. The number of alkyl halides is 3. The maximum absolute atomic E-state index is 13.6. The lowest BCUT2D eigenvalue weighted by atomic mass is 9.73. The minimum atomic E-state index is -4.50. The number of anilines is 2. The van der Waals surface area contributed by atoms with E-state index in [2.05, 4.69) is 10.6 Å². The Labute approximate surface area is 220 Å². The second kappa shape index (κ2) is 10.8. The number of methoxy groups -OCH3 is 2. The lowest BCUT2D eigenvalue weighted by Crippen LogP contribution is -2.44. The van der Waals surface area contributed by atoms with Crippen LogP contribution in [-0.2, 0) is 25.2 Å². The van der Waals surface area contributed by atoms with Crippen LogP contribution in [0.25, 0.3) is 0 Å². The summed E-state index contributed by atoms with van der Waals surface area (Å²) in [4.78, 5) is 28.6. The average molecular weight is 532 g/mol. The number of Topliss-reactive ketones (excluding diaryl/α,β-unsaturated/α-hetero) is 1. The molecule has 1 unspecified atom stereocenters. The van der Waals surface area contributed by atoms with Gasteiger partial charge in [0.2, 0.25) is 5.91 Å². The predicted molar refractivity (Wildman–Crippen MR) is 137 cm³/mol. The van der Waals surface area contributed by atoms with Crippen molar-refractivity contribution in [3.63, 3.8) is 0 Å². The van der Waals surface area contributed by atoms with Gasteiger partial charge >= 0.3 is 6.18 Å². The molecule has 1 amide bonds. The van der Waals surface area contributed by atoms with Gasteiger partial charge in [-0.1, -0.05) is 38.1 Å². The molecule has 0 fully saturated rings. The monoisotopic (exact) mass is 531 g/mol. The first-order valence-electron chi connectivity index (χ1n) is 12.3. The van der Waals surface area contributed by atoms with Gasteiger partial charge in [0.1, 0.15) is 0 Å². The number of nitrogens with zero attached hydrogens (tertiary/aromatic N) is 1. The first-order valence-corrected chi connectivity index (χ1v) is 12.3. The minimum Gasteiger partial charge on any atom is -0.357 e. The van der Waals surface area contributed by atoms with Gasteiger partial charge in [-0.05, 0) is 41.7 Å². The molecule has 0 spiro atoms. The predicted octanol–water partition coefficient (Wildman–Crippen LogP) is 5.06. The molecular weight excluding hydrogens is 499 g/mol. The molecule has 0 saturated carbocycles. The van der Waals surface area contributed by atoms with Crippen molar-refractivity contribution < 1.29 is 32.2 Å². The third-order valence-corrected chi connectivity index (χ3v) is 6.86. The smallest absolute Gasteiger partial charge is 0.357 e. The van der Waals surface area contributed by atoms with E-state index in [4.69, 9.17) is 9.47 Å². The zero-order valence-corrected chi connectivity index (χ0v) is 21.8. The van der Waals surface area contributed by atoms with Crippen LogP contribution in [0.4, 0.5) is 24.5 Å². The van der Waals surface area contributed by atoms with Gasteiger partial charge in [-0.15, -0.1) is 0 Å². The van der Waals surface area contributed by atoms with Crippen LogP contribution < -0.4 is 15.5 Å². The topological polar surface area (TPSA) is 79.9 Å². The summed E-state index contributed by atoms with van der Waals surface area (Å²) in [6, 6.07) is 11.4. The summed E-state index contributed by atoms with van der Waals surface area (Å²) < 4.78 is 50.3. The Morgan fingerprint density at radius 1 is 1.11 bits per heavy atom. The van der Waals surface area contributed by atoms with Crippen molar-refractivity contribution in [1.82, 2.24) is 5.32 Å². The van der Waals surface area contributed by atoms with Crippen molar-refractivity contribution in [2.24, 2.45) is 5.41 Å². The van der Waals surface area contributed by atoms with Gasteiger partial charge < -0.3 is 25.0 Å². The molecule has 7 nitrogen and oxygen atoms in total. The molecule has 2 N–H and O–H groups in total. The summed E-state index contributed by atoms with van der Waals surface area (Å²) in [5, 5.41) is 6.20. The van der Waals surface area contributed by atoms with Crippen molar-refractivity contribution >= 4 is 23.1 Å². The summed E-state index contributed by atoms with van der Waals surface area (Å²) in [6.45, 7) is 3.96. The lowest BCUT2D eigenvalue weighted by molar-refractivity contribution is -0.137. The Morgan fingerprint density at radius 2 is 1.76 bits per heavy atom. The molecule has 2 aliphatic rings. The van der Waals surface area contributed by atoms with Crippen LogP contribution in [0.2, 0.25) is 0 Å². The summed E-state index contributed by atoms with van der Waals surface area (Å²) in [5.74, 6) is -0.464. The van der Waals surface area contributed by atoms with E-state index < -0.39 is 24.1 Å². The van der Waals surface area contributed by atoms with Gasteiger partial charge in [-0.25, -0.2) is 0 Å². The minimum absolute atomic E-state index is 0.103. The van der Waals surface area contributed by atoms with Crippen LogP contribution in [0.5, 0.6) is 0 Å². The summed E-state index contributed by atoms with van der Waals surface area (Å²) in [6.07, 6.45) is -4.28. The lowest BCUT2D eigenvalue weighted by Gasteiger charge is -2.38. The van der Waals surface area contributed by atoms with Crippen molar-refractivity contribution in [1.29, 1.82) is 0 Å². The largest absolute Gasteiger partial charge is 0.416 e. The van der Waals surface area contributed by atoms with Gasteiger partial charge in [0.05, 0.1) is 36.1 Å². The summed E-state index contributed by atoms with van der Waals surface area (Å²) in [5.41, 5.74) is 1.93. The Morgan fingerprint density at radius 3 is 2.39 bits per heavy atom. The number of para-hydroxylation sites is 2. The highest BCUT2D eigenvalue weighted by molar-refractivity contribution is 6.01.